The molecule has 2 aromatic rings. The van der Waals surface area contributed by atoms with E-state index in [9.17, 15) is 22.9 Å². The van der Waals surface area contributed by atoms with Crippen molar-refractivity contribution in [1.82, 2.24) is 9.21 Å². The van der Waals surface area contributed by atoms with Crippen LogP contribution in [0.25, 0.3) is 0 Å². The van der Waals surface area contributed by atoms with Crippen molar-refractivity contribution in [3.05, 3.63) is 67.9 Å². The summed E-state index contributed by atoms with van der Waals surface area (Å²) in [4.78, 5) is 12.3. The predicted molar refractivity (Wildman–Crippen MR) is 106 cm³/mol. The lowest BCUT2D eigenvalue weighted by Crippen LogP contribution is -2.48. The van der Waals surface area contributed by atoms with Crippen LogP contribution in [0.4, 0.5) is 10.1 Å². The molecular formula is C18H19BrFN3O4S. The molecule has 0 amide bonds. The molecule has 0 saturated carbocycles. The Morgan fingerprint density at radius 3 is 2.43 bits per heavy atom. The van der Waals surface area contributed by atoms with Gasteiger partial charge < -0.3 is 0 Å². The quantitative estimate of drug-likeness (QED) is 0.493. The zero-order valence-electron chi connectivity index (χ0n) is 15.1. The first-order valence-electron chi connectivity index (χ1n) is 8.60. The van der Waals surface area contributed by atoms with E-state index in [0.29, 0.717) is 35.2 Å². The molecule has 1 fully saturated rings. The Bertz CT molecular complexity index is 1010. The van der Waals surface area contributed by atoms with Gasteiger partial charge in [-0.15, -0.1) is 0 Å². The molecule has 1 aliphatic rings. The molecule has 0 atom stereocenters. The van der Waals surface area contributed by atoms with Gasteiger partial charge in [0.05, 0.1) is 9.82 Å². The molecule has 1 heterocycles. The molecule has 3 rings (SSSR count). The molecule has 2 aromatic carbocycles. The summed E-state index contributed by atoms with van der Waals surface area (Å²) in [5, 5.41) is 11.0. The lowest BCUT2D eigenvalue weighted by atomic mass is 10.2. The van der Waals surface area contributed by atoms with Gasteiger partial charge in [0.15, 0.2) is 0 Å². The third kappa shape index (κ3) is 4.40. The van der Waals surface area contributed by atoms with Crippen LogP contribution < -0.4 is 0 Å². The van der Waals surface area contributed by atoms with E-state index >= 15 is 0 Å². The molecule has 1 saturated heterocycles. The number of piperazine rings is 1. The number of halogens is 2. The van der Waals surface area contributed by atoms with Crippen molar-refractivity contribution >= 4 is 31.6 Å². The average molecular weight is 472 g/mol. The van der Waals surface area contributed by atoms with Crippen molar-refractivity contribution in [1.29, 1.82) is 0 Å². The van der Waals surface area contributed by atoms with E-state index < -0.39 is 14.9 Å². The lowest BCUT2D eigenvalue weighted by Gasteiger charge is -2.34. The van der Waals surface area contributed by atoms with E-state index in [4.69, 9.17) is 0 Å². The van der Waals surface area contributed by atoms with Crippen molar-refractivity contribution in [2.75, 3.05) is 26.2 Å². The highest BCUT2D eigenvalue weighted by Gasteiger charge is 2.31. The summed E-state index contributed by atoms with van der Waals surface area (Å²) in [5.41, 5.74) is 0.757. The monoisotopic (exact) mass is 471 g/mol. The van der Waals surface area contributed by atoms with E-state index in [1.165, 1.54) is 22.5 Å². The van der Waals surface area contributed by atoms with Gasteiger partial charge in [-0.1, -0.05) is 28.1 Å². The highest BCUT2D eigenvalue weighted by Crippen LogP contribution is 2.26. The number of rotatable bonds is 5. The number of aryl methyl sites for hydroxylation is 1. The molecule has 0 aromatic heterocycles. The molecule has 28 heavy (non-hydrogen) atoms. The summed E-state index contributed by atoms with van der Waals surface area (Å²) in [7, 11) is -3.84. The van der Waals surface area contributed by atoms with Gasteiger partial charge in [0.1, 0.15) is 5.82 Å². The van der Waals surface area contributed by atoms with E-state index in [1.807, 2.05) is 4.90 Å². The van der Waals surface area contributed by atoms with E-state index in [0.717, 1.165) is 6.07 Å². The number of hydrogen-bond acceptors (Lipinski definition) is 5. The number of nitrogens with zero attached hydrogens (tertiary/aromatic N) is 3. The molecule has 7 nitrogen and oxygen atoms in total. The number of hydrogen-bond donors (Lipinski definition) is 0. The Labute approximate surface area is 171 Å². The minimum atomic E-state index is -3.84. The fourth-order valence-electron chi connectivity index (χ4n) is 3.14. The SMILES string of the molecule is Cc1ccc([N+](=O)[O-])cc1S(=O)(=O)N1CCN(Cc2ccc(Br)cc2F)CC1. The van der Waals surface area contributed by atoms with Crippen molar-refractivity contribution in [2.45, 2.75) is 18.4 Å². The Morgan fingerprint density at radius 1 is 1.14 bits per heavy atom. The highest BCUT2D eigenvalue weighted by molar-refractivity contribution is 9.10. The van der Waals surface area contributed by atoms with Crippen LogP contribution in [0, 0.1) is 22.9 Å². The van der Waals surface area contributed by atoms with Gasteiger partial charge in [-0.05, 0) is 24.6 Å². The van der Waals surface area contributed by atoms with Crippen LogP contribution in [-0.4, -0.2) is 48.7 Å². The number of benzene rings is 2. The Balaban J connectivity index is 1.72. The molecule has 0 N–H and O–H groups in total. The Hall–Kier alpha value is -1.88. The molecule has 150 valence electrons. The summed E-state index contributed by atoms with van der Waals surface area (Å²) in [5.74, 6) is -0.309. The maximum absolute atomic E-state index is 14.0. The third-order valence-electron chi connectivity index (χ3n) is 4.74. The first-order valence-corrected chi connectivity index (χ1v) is 10.8. The van der Waals surface area contributed by atoms with Crippen molar-refractivity contribution in [3.8, 4) is 0 Å². The second kappa shape index (κ2) is 8.24. The van der Waals surface area contributed by atoms with Crippen LogP contribution in [0.1, 0.15) is 11.1 Å². The number of non-ortho nitro benzene ring substituents is 1. The summed E-state index contributed by atoms with van der Waals surface area (Å²) in [6.45, 7) is 3.38. The maximum atomic E-state index is 14.0. The Morgan fingerprint density at radius 2 is 1.82 bits per heavy atom. The first-order chi connectivity index (χ1) is 13.2. The van der Waals surface area contributed by atoms with Crippen LogP contribution in [0.5, 0.6) is 0 Å². The second-order valence-electron chi connectivity index (χ2n) is 6.62. The van der Waals surface area contributed by atoms with E-state index in [-0.39, 0.29) is 29.5 Å². The topological polar surface area (TPSA) is 83.8 Å². The standard InChI is InChI=1S/C18H19BrFN3O4S/c1-13-2-5-16(23(24)25)11-18(13)28(26,27)22-8-6-21(7-9-22)12-14-3-4-15(19)10-17(14)20/h2-5,10-11H,6-9,12H2,1H3. The fraction of sp³-hybridized carbons (Fsp3) is 0.333. The van der Waals surface area contributed by atoms with Crippen molar-refractivity contribution in [2.24, 2.45) is 0 Å². The van der Waals surface area contributed by atoms with Gasteiger partial charge in [0.25, 0.3) is 5.69 Å². The van der Waals surface area contributed by atoms with Crippen LogP contribution in [-0.2, 0) is 16.6 Å². The van der Waals surface area contributed by atoms with Gasteiger partial charge in [-0.25, -0.2) is 12.8 Å². The molecule has 1 aliphatic heterocycles. The number of sulfonamides is 1. The molecule has 0 bridgehead atoms. The van der Waals surface area contributed by atoms with Gasteiger partial charge in [-0.2, -0.15) is 4.31 Å². The molecule has 0 unspecified atom stereocenters. The van der Waals surface area contributed by atoms with E-state index in [1.54, 1.807) is 19.1 Å². The van der Waals surface area contributed by atoms with Crippen LogP contribution in [0.2, 0.25) is 0 Å². The van der Waals surface area contributed by atoms with Crippen molar-refractivity contribution in [3.63, 3.8) is 0 Å². The van der Waals surface area contributed by atoms with Gasteiger partial charge in [0.2, 0.25) is 10.0 Å². The zero-order chi connectivity index (χ0) is 20.5. The summed E-state index contributed by atoms with van der Waals surface area (Å²) < 4.78 is 41.9. The number of nitro groups is 1. The lowest BCUT2D eigenvalue weighted by molar-refractivity contribution is -0.385. The summed E-state index contributed by atoms with van der Waals surface area (Å²) in [6, 6.07) is 8.71. The van der Waals surface area contributed by atoms with Crippen LogP contribution in [0.3, 0.4) is 0 Å². The van der Waals surface area contributed by atoms with Gasteiger partial charge in [0, 0.05) is 54.9 Å². The smallest absolute Gasteiger partial charge is 0.270 e. The Kier molecular flexibility index (Phi) is 6.13. The molecule has 0 spiro atoms. The highest BCUT2D eigenvalue weighted by atomic mass is 79.9. The van der Waals surface area contributed by atoms with E-state index in [2.05, 4.69) is 15.9 Å². The minimum absolute atomic E-state index is 0.0471. The molecule has 0 aliphatic carbocycles. The fourth-order valence-corrected chi connectivity index (χ4v) is 5.14. The summed E-state index contributed by atoms with van der Waals surface area (Å²) >= 11 is 3.22. The third-order valence-corrected chi connectivity index (χ3v) is 7.27. The minimum Gasteiger partial charge on any atom is -0.296 e. The molecule has 0 radical (unpaired) electrons. The maximum Gasteiger partial charge on any atom is 0.270 e. The molecule has 10 heteroatoms. The summed E-state index contributed by atoms with van der Waals surface area (Å²) in [6.07, 6.45) is 0. The second-order valence-corrected chi connectivity index (χ2v) is 9.44. The largest absolute Gasteiger partial charge is 0.296 e. The van der Waals surface area contributed by atoms with Crippen LogP contribution >= 0.6 is 15.9 Å². The van der Waals surface area contributed by atoms with Crippen molar-refractivity contribution < 1.29 is 17.7 Å². The number of nitro benzene ring substituents is 1. The average Bonchev–Trinajstić information content (AvgIpc) is 2.64. The van der Waals surface area contributed by atoms with Gasteiger partial charge in [-0.3, -0.25) is 15.0 Å². The van der Waals surface area contributed by atoms with Gasteiger partial charge >= 0.3 is 0 Å². The predicted octanol–water partition coefficient (Wildman–Crippen LogP) is 3.31. The first kappa shape index (κ1) is 20.8. The normalized spacial score (nSPS) is 16.2. The molecular weight excluding hydrogens is 453 g/mol. The van der Waals surface area contributed by atoms with Crippen LogP contribution in [0.15, 0.2) is 45.8 Å². The zero-order valence-corrected chi connectivity index (χ0v) is 17.5.